The number of methoxy groups -OCH3 is 1. The lowest BCUT2D eigenvalue weighted by Gasteiger charge is -2.16. The third-order valence-corrected chi connectivity index (χ3v) is 4.84. The zero-order chi connectivity index (χ0) is 15.6. The first-order chi connectivity index (χ1) is 9.93. The maximum atomic E-state index is 14.2. The van der Waals surface area contributed by atoms with Gasteiger partial charge in [0.2, 0.25) is 0 Å². The van der Waals surface area contributed by atoms with E-state index in [1.165, 1.54) is 7.11 Å². The molecule has 0 saturated heterocycles. The van der Waals surface area contributed by atoms with Crippen molar-refractivity contribution in [2.24, 2.45) is 5.73 Å². The van der Waals surface area contributed by atoms with E-state index in [1.54, 1.807) is 18.2 Å². The molecule has 2 aromatic carbocycles. The van der Waals surface area contributed by atoms with Gasteiger partial charge in [-0.15, -0.1) is 0 Å². The Balaban J connectivity index is 2.28. The van der Waals surface area contributed by atoms with Gasteiger partial charge in [0.05, 0.1) is 7.11 Å². The van der Waals surface area contributed by atoms with E-state index in [1.807, 2.05) is 26.0 Å². The minimum Gasteiger partial charge on any atom is -0.494 e. The lowest BCUT2D eigenvalue weighted by Crippen LogP contribution is -2.15. The maximum absolute atomic E-state index is 14.2. The molecule has 0 radical (unpaired) electrons. The van der Waals surface area contributed by atoms with Gasteiger partial charge in [0.15, 0.2) is 11.6 Å². The van der Waals surface area contributed by atoms with E-state index in [4.69, 9.17) is 10.5 Å². The van der Waals surface area contributed by atoms with E-state index in [0.29, 0.717) is 12.0 Å². The fourth-order valence-electron chi connectivity index (χ4n) is 2.42. The molecule has 0 aliphatic rings. The summed E-state index contributed by atoms with van der Waals surface area (Å²) in [5, 5.41) is 0. The quantitative estimate of drug-likeness (QED) is 0.882. The second kappa shape index (κ2) is 6.58. The van der Waals surface area contributed by atoms with E-state index < -0.39 is 0 Å². The molecule has 2 aromatic rings. The first-order valence-electron chi connectivity index (χ1n) is 6.77. The van der Waals surface area contributed by atoms with Crippen molar-refractivity contribution in [3.05, 3.63) is 62.9 Å². The third kappa shape index (κ3) is 3.44. The van der Waals surface area contributed by atoms with Crippen LogP contribution < -0.4 is 10.5 Å². The van der Waals surface area contributed by atoms with Crippen molar-refractivity contribution in [1.82, 2.24) is 0 Å². The van der Waals surface area contributed by atoms with E-state index in [0.717, 1.165) is 21.2 Å². The van der Waals surface area contributed by atoms with Gasteiger partial charge in [-0.25, -0.2) is 4.39 Å². The average Bonchev–Trinajstić information content (AvgIpc) is 2.46. The highest BCUT2D eigenvalue weighted by atomic mass is 79.9. The van der Waals surface area contributed by atoms with Gasteiger partial charge in [-0.3, -0.25) is 0 Å². The molecule has 0 saturated carbocycles. The number of aryl methyl sites for hydroxylation is 2. The number of benzene rings is 2. The zero-order valence-corrected chi connectivity index (χ0v) is 14.0. The Morgan fingerprint density at radius 3 is 2.43 bits per heavy atom. The Bertz CT molecular complexity index is 634. The van der Waals surface area contributed by atoms with Gasteiger partial charge in [-0.05, 0) is 48.6 Å². The number of halogens is 2. The van der Waals surface area contributed by atoms with Crippen molar-refractivity contribution in [3.63, 3.8) is 0 Å². The minimum atomic E-state index is -0.332. The summed E-state index contributed by atoms with van der Waals surface area (Å²) < 4.78 is 20.3. The van der Waals surface area contributed by atoms with Gasteiger partial charge in [-0.1, -0.05) is 40.2 Å². The Morgan fingerprint density at radius 1 is 1.24 bits per heavy atom. The SMILES string of the molecule is COc1cccc(CC(N)c2cc(C)c(Br)c(C)c2)c1F. The summed E-state index contributed by atoms with van der Waals surface area (Å²) in [7, 11) is 1.46. The molecule has 0 bridgehead atoms. The zero-order valence-electron chi connectivity index (χ0n) is 12.4. The second-order valence-corrected chi connectivity index (χ2v) is 6.01. The van der Waals surface area contributed by atoms with Crippen LogP contribution in [0.2, 0.25) is 0 Å². The van der Waals surface area contributed by atoms with Crippen LogP contribution in [-0.4, -0.2) is 7.11 Å². The molecule has 2 N–H and O–H groups in total. The smallest absolute Gasteiger partial charge is 0.168 e. The number of rotatable bonds is 4. The molecule has 0 aliphatic carbocycles. The van der Waals surface area contributed by atoms with E-state index >= 15 is 0 Å². The molecule has 2 rings (SSSR count). The molecule has 112 valence electrons. The highest BCUT2D eigenvalue weighted by molar-refractivity contribution is 9.10. The highest BCUT2D eigenvalue weighted by Gasteiger charge is 2.15. The van der Waals surface area contributed by atoms with Crippen LogP contribution in [-0.2, 0) is 6.42 Å². The first-order valence-corrected chi connectivity index (χ1v) is 7.57. The molecule has 0 heterocycles. The average molecular weight is 352 g/mol. The highest BCUT2D eigenvalue weighted by Crippen LogP contribution is 2.28. The summed E-state index contributed by atoms with van der Waals surface area (Å²) in [6.45, 7) is 4.05. The van der Waals surface area contributed by atoms with Crippen molar-refractivity contribution in [2.75, 3.05) is 7.11 Å². The minimum absolute atomic E-state index is 0.253. The van der Waals surface area contributed by atoms with E-state index in [-0.39, 0.29) is 17.6 Å². The molecule has 1 unspecified atom stereocenters. The number of nitrogens with two attached hydrogens (primary N) is 1. The predicted octanol–water partition coefficient (Wildman–Crippen LogP) is 4.46. The largest absolute Gasteiger partial charge is 0.494 e. The lowest BCUT2D eigenvalue weighted by molar-refractivity contribution is 0.383. The molecule has 4 heteroatoms. The van der Waals surface area contributed by atoms with Gasteiger partial charge < -0.3 is 10.5 Å². The lowest BCUT2D eigenvalue weighted by atomic mass is 9.96. The molecule has 0 aliphatic heterocycles. The van der Waals surface area contributed by atoms with Crippen molar-refractivity contribution in [2.45, 2.75) is 26.3 Å². The van der Waals surface area contributed by atoms with Crippen LogP contribution in [0.5, 0.6) is 5.75 Å². The number of hydrogen-bond acceptors (Lipinski definition) is 2. The second-order valence-electron chi connectivity index (χ2n) is 5.21. The molecular weight excluding hydrogens is 333 g/mol. The van der Waals surface area contributed by atoms with Crippen molar-refractivity contribution >= 4 is 15.9 Å². The van der Waals surface area contributed by atoms with Gasteiger partial charge in [-0.2, -0.15) is 0 Å². The van der Waals surface area contributed by atoms with Gasteiger partial charge in [0, 0.05) is 10.5 Å². The Hall–Kier alpha value is -1.39. The third-order valence-electron chi connectivity index (χ3n) is 3.59. The molecular formula is C17H19BrFNO. The monoisotopic (exact) mass is 351 g/mol. The van der Waals surface area contributed by atoms with E-state index in [2.05, 4.69) is 15.9 Å². The van der Waals surface area contributed by atoms with Crippen LogP contribution in [0.4, 0.5) is 4.39 Å². The molecule has 0 amide bonds. The predicted molar refractivity (Wildman–Crippen MR) is 87.2 cm³/mol. The summed E-state index contributed by atoms with van der Waals surface area (Å²) >= 11 is 3.54. The maximum Gasteiger partial charge on any atom is 0.168 e. The Morgan fingerprint density at radius 2 is 1.86 bits per heavy atom. The summed E-state index contributed by atoms with van der Waals surface area (Å²) in [4.78, 5) is 0. The molecule has 1 atom stereocenters. The fraction of sp³-hybridized carbons (Fsp3) is 0.294. The van der Waals surface area contributed by atoms with Crippen LogP contribution >= 0.6 is 15.9 Å². The van der Waals surface area contributed by atoms with Crippen molar-refractivity contribution in [1.29, 1.82) is 0 Å². The van der Waals surface area contributed by atoms with Gasteiger partial charge >= 0.3 is 0 Å². The normalized spacial score (nSPS) is 12.3. The molecule has 0 spiro atoms. The standard InChI is InChI=1S/C17H19BrFNO/c1-10-7-13(8-11(2)16(10)18)14(20)9-12-5-4-6-15(21-3)17(12)19/h4-8,14H,9,20H2,1-3H3. The van der Waals surface area contributed by atoms with E-state index in [9.17, 15) is 4.39 Å². The van der Waals surface area contributed by atoms with Crippen LogP contribution in [0.1, 0.15) is 28.3 Å². The summed E-state index contributed by atoms with van der Waals surface area (Å²) in [5.41, 5.74) is 10.1. The van der Waals surface area contributed by atoms with Crippen molar-refractivity contribution in [3.8, 4) is 5.75 Å². The fourth-order valence-corrected chi connectivity index (χ4v) is 2.65. The molecule has 21 heavy (non-hydrogen) atoms. The Kier molecular flexibility index (Phi) is 5.01. The van der Waals surface area contributed by atoms with Crippen LogP contribution in [0.15, 0.2) is 34.8 Å². The summed E-state index contributed by atoms with van der Waals surface area (Å²) in [6.07, 6.45) is 0.434. The topological polar surface area (TPSA) is 35.2 Å². The first kappa shape index (κ1) is 16.0. The van der Waals surface area contributed by atoms with Gasteiger partial charge in [0.25, 0.3) is 0 Å². The Labute approximate surface area is 133 Å². The summed E-state index contributed by atoms with van der Waals surface area (Å²) in [6, 6.07) is 8.97. The van der Waals surface area contributed by atoms with Gasteiger partial charge in [0.1, 0.15) is 0 Å². The molecule has 0 aromatic heterocycles. The van der Waals surface area contributed by atoms with Crippen LogP contribution in [0.25, 0.3) is 0 Å². The number of ether oxygens (including phenoxy) is 1. The summed E-state index contributed by atoms with van der Waals surface area (Å²) in [5.74, 6) is -0.0797. The van der Waals surface area contributed by atoms with Crippen molar-refractivity contribution < 1.29 is 9.13 Å². The van der Waals surface area contributed by atoms with Crippen LogP contribution in [0.3, 0.4) is 0 Å². The molecule has 0 fully saturated rings. The molecule has 2 nitrogen and oxygen atoms in total. The van der Waals surface area contributed by atoms with Crippen LogP contribution in [0, 0.1) is 19.7 Å². The number of hydrogen-bond donors (Lipinski definition) is 1.